The van der Waals surface area contributed by atoms with E-state index in [-0.39, 0.29) is 0 Å². The zero-order chi connectivity index (χ0) is 9.52. The number of hydrazine groups is 1. The Morgan fingerprint density at radius 2 is 1.69 bits per heavy atom. The van der Waals surface area contributed by atoms with Crippen LogP contribution in [0.3, 0.4) is 0 Å². The largest absolute Gasteiger partial charge is 0.379 e. The van der Waals surface area contributed by atoms with E-state index >= 15 is 0 Å². The molecule has 0 aromatic carbocycles. The van der Waals surface area contributed by atoms with Crippen LogP contribution in [0, 0.1) is 0 Å². The third-order valence-electron chi connectivity index (χ3n) is 2.07. The number of rotatable bonds is 5. The van der Waals surface area contributed by atoms with Crippen molar-refractivity contribution in [3.63, 3.8) is 0 Å². The molecule has 0 aromatic rings. The first kappa shape index (κ1) is 10.4. The molecular weight excluding hydrogens is 164 g/mol. The van der Waals surface area contributed by atoms with Crippen molar-refractivity contribution >= 4 is 0 Å². The van der Waals surface area contributed by atoms with Gasteiger partial charge in [-0.1, -0.05) is 12.2 Å². The Kier molecular flexibility index (Phi) is 4.75. The minimum absolute atomic E-state index is 0.824. The van der Waals surface area contributed by atoms with Crippen LogP contribution in [-0.2, 0) is 4.74 Å². The van der Waals surface area contributed by atoms with E-state index in [2.05, 4.69) is 23.2 Å². The van der Waals surface area contributed by atoms with Gasteiger partial charge in [0, 0.05) is 26.2 Å². The number of ether oxygens (including phenoxy) is 1. The SMILES string of the molecule is C=CCN(CC=C)N1CCOCC1. The van der Waals surface area contributed by atoms with Crippen molar-refractivity contribution in [3.8, 4) is 0 Å². The van der Waals surface area contributed by atoms with Crippen LogP contribution in [-0.4, -0.2) is 49.4 Å². The summed E-state index contributed by atoms with van der Waals surface area (Å²) in [5, 5.41) is 4.54. The van der Waals surface area contributed by atoms with Gasteiger partial charge in [-0.15, -0.1) is 13.2 Å². The van der Waals surface area contributed by atoms with Crippen LogP contribution in [0.1, 0.15) is 0 Å². The maximum absolute atomic E-state index is 5.29. The zero-order valence-corrected chi connectivity index (χ0v) is 8.11. The van der Waals surface area contributed by atoms with E-state index in [1.54, 1.807) is 0 Å². The van der Waals surface area contributed by atoms with Gasteiger partial charge in [0.25, 0.3) is 0 Å². The van der Waals surface area contributed by atoms with Gasteiger partial charge in [-0.25, -0.2) is 10.0 Å². The van der Waals surface area contributed by atoms with Gasteiger partial charge in [0.1, 0.15) is 0 Å². The molecule has 1 saturated heterocycles. The lowest BCUT2D eigenvalue weighted by Gasteiger charge is -2.36. The Balaban J connectivity index is 2.40. The van der Waals surface area contributed by atoms with Gasteiger partial charge < -0.3 is 4.74 Å². The van der Waals surface area contributed by atoms with Crippen molar-refractivity contribution in [3.05, 3.63) is 25.3 Å². The fourth-order valence-electron chi connectivity index (χ4n) is 1.44. The summed E-state index contributed by atoms with van der Waals surface area (Å²) in [6.45, 7) is 12.8. The van der Waals surface area contributed by atoms with Gasteiger partial charge in [-0.05, 0) is 0 Å². The van der Waals surface area contributed by atoms with Gasteiger partial charge >= 0.3 is 0 Å². The van der Waals surface area contributed by atoms with Crippen molar-refractivity contribution in [2.24, 2.45) is 0 Å². The number of hydrogen-bond donors (Lipinski definition) is 0. The van der Waals surface area contributed by atoms with E-state index in [0.29, 0.717) is 0 Å². The molecule has 1 heterocycles. The molecule has 1 fully saturated rings. The van der Waals surface area contributed by atoms with E-state index in [9.17, 15) is 0 Å². The van der Waals surface area contributed by atoms with Crippen LogP contribution >= 0.6 is 0 Å². The van der Waals surface area contributed by atoms with E-state index in [4.69, 9.17) is 4.74 Å². The maximum Gasteiger partial charge on any atom is 0.0608 e. The molecule has 0 aliphatic carbocycles. The van der Waals surface area contributed by atoms with Crippen LogP contribution in [0.5, 0.6) is 0 Å². The molecule has 3 nitrogen and oxygen atoms in total. The second-order valence-corrected chi connectivity index (χ2v) is 3.01. The second kappa shape index (κ2) is 5.91. The predicted molar refractivity (Wildman–Crippen MR) is 54.4 cm³/mol. The van der Waals surface area contributed by atoms with Gasteiger partial charge in [0.05, 0.1) is 13.2 Å². The van der Waals surface area contributed by atoms with E-state index < -0.39 is 0 Å². The Morgan fingerprint density at radius 3 is 2.15 bits per heavy atom. The summed E-state index contributed by atoms with van der Waals surface area (Å²) in [5.74, 6) is 0. The topological polar surface area (TPSA) is 15.7 Å². The van der Waals surface area contributed by atoms with Crippen molar-refractivity contribution in [2.45, 2.75) is 0 Å². The summed E-state index contributed by atoms with van der Waals surface area (Å²) in [5.41, 5.74) is 0. The number of nitrogens with zero attached hydrogens (tertiary/aromatic N) is 2. The standard InChI is InChI=1S/C10H18N2O/c1-3-5-11(6-4-2)12-7-9-13-10-8-12/h3-4H,1-2,5-10H2. The summed E-state index contributed by atoms with van der Waals surface area (Å²) in [4.78, 5) is 0. The highest BCUT2D eigenvalue weighted by molar-refractivity contribution is 4.79. The predicted octanol–water partition coefficient (Wildman–Crippen LogP) is 0.908. The summed E-state index contributed by atoms with van der Waals surface area (Å²) in [6.07, 6.45) is 3.83. The summed E-state index contributed by atoms with van der Waals surface area (Å²) in [7, 11) is 0. The van der Waals surface area contributed by atoms with Crippen LogP contribution in [0.25, 0.3) is 0 Å². The summed E-state index contributed by atoms with van der Waals surface area (Å²) < 4.78 is 5.29. The fourth-order valence-corrected chi connectivity index (χ4v) is 1.44. The number of morpholine rings is 1. The van der Waals surface area contributed by atoms with Gasteiger partial charge in [0.2, 0.25) is 0 Å². The molecule has 1 aliphatic rings. The van der Waals surface area contributed by atoms with Crippen LogP contribution in [0.4, 0.5) is 0 Å². The Labute approximate surface area is 80.2 Å². The quantitative estimate of drug-likeness (QED) is 0.588. The Bertz CT molecular complexity index is 154. The smallest absolute Gasteiger partial charge is 0.0608 e. The molecule has 0 saturated carbocycles. The van der Waals surface area contributed by atoms with Gasteiger partial charge in [-0.2, -0.15) is 0 Å². The van der Waals surface area contributed by atoms with Crippen LogP contribution < -0.4 is 0 Å². The lowest BCUT2D eigenvalue weighted by atomic mass is 10.4. The zero-order valence-electron chi connectivity index (χ0n) is 8.11. The lowest BCUT2D eigenvalue weighted by molar-refractivity contribution is -0.0779. The molecular formula is C10H18N2O. The van der Waals surface area contributed by atoms with Crippen molar-refractivity contribution < 1.29 is 4.74 Å². The van der Waals surface area contributed by atoms with E-state index in [1.165, 1.54) is 0 Å². The highest BCUT2D eigenvalue weighted by atomic mass is 16.5. The van der Waals surface area contributed by atoms with Crippen LogP contribution in [0.15, 0.2) is 25.3 Å². The third-order valence-corrected chi connectivity index (χ3v) is 2.07. The first-order valence-corrected chi connectivity index (χ1v) is 4.68. The van der Waals surface area contributed by atoms with Gasteiger partial charge in [-0.3, -0.25) is 0 Å². The highest BCUT2D eigenvalue weighted by Gasteiger charge is 2.15. The first-order valence-electron chi connectivity index (χ1n) is 4.68. The average Bonchev–Trinajstić information content (AvgIpc) is 2.19. The normalized spacial score (nSPS) is 18.8. The summed E-state index contributed by atoms with van der Waals surface area (Å²) >= 11 is 0. The molecule has 13 heavy (non-hydrogen) atoms. The highest BCUT2D eigenvalue weighted by Crippen LogP contribution is 2.02. The van der Waals surface area contributed by atoms with Crippen LogP contribution in [0.2, 0.25) is 0 Å². The third kappa shape index (κ3) is 3.30. The number of hydrogen-bond acceptors (Lipinski definition) is 3. The molecule has 1 rings (SSSR count). The Hall–Kier alpha value is -0.640. The minimum Gasteiger partial charge on any atom is -0.379 e. The fraction of sp³-hybridized carbons (Fsp3) is 0.600. The van der Waals surface area contributed by atoms with Crippen molar-refractivity contribution in [2.75, 3.05) is 39.4 Å². The minimum atomic E-state index is 0.824. The Morgan fingerprint density at radius 1 is 1.15 bits per heavy atom. The molecule has 74 valence electrons. The molecule has 0 atom stereocenters. The molecule has 0 radical (unpaired) electrons. The average molecular weight is 182 g/mol. The monoisotopic (exact) mass is 182 g/mol. The second-order valence-electron chi connectivity index (χ2n) is 3.01. The maximum atomic E-state index is 5.29. The van der Waals surface area contributed by atoms with E-state index in [1.807, 2.05) is 12.2 Å². The van der Waals surface area contributed by atoms with E-state index in [0.717, 1.165) is 39.4 Å². The lowest BCUT2D eigenvalue weighted by Crippen LogP contribution is -2.48. The van der Waals surface area contributed by atoms with Gasteiger partial charge in [0.15, 0.2) is 0 Å². The molecule has 0 spiro atoms. The first-order chi connectivity index (χ1) is 6.38. The molecule has 1 aliphatic heterocycles. The molecule has 0 amide bonds. The molecule has 0 bridgehead atoms. The molecule has 0 unspecified atom stereocenters. The molecule has 3 heteroatoms. The summed E-state index contributed by atoms with van der Waals surface area (Å²) in [6, 6.07) is 0. The molecule has 0 aromatic heterocycles. The molecule has 0 N–H and O–H groups in total. The van der Waals surface area contributed by atoms with Crippen molar-refractivity contribution in [1.82, 2.24) is 10.0 Å². The van der Waals surface area contributed by atoms with Crippen molar-refractivity contribution in [1.29, 1.82) is 0 Å².